The fourth-order valence-electron chi connectivity index (χ4n) is 3.01. The molecule has 0 bridgehead atoms. The van der Waals surface area contributed by atoms with Crippen molar-refractivity contribution in [1.82, 2.24) is 20.5 Å². The van der Waals surface area contributed by atoms with Gasteiger partial charge in [0.15, 0.2) is 0 Å². The van der Waals surface area contributed by atoms with Crippen molar-refractivity contribution in [3.63, 3.8) is 0 Å². The lowest BCUT2D eigenvalue weighted by Crippen LogP contribution is -2.43. The maximum atomic E-state index is 12.8. The predicted octanol–water partition coefficient (Wildman–Crippen LogP) is 0.861. The normalized spacial score (nSPS) is 15.7. The van der Waals surface area contributed by atoms with Gasteiger partial charge in [-0.05, 0) is 30.7 Å². The molecule has 9 nitrogen and oxygen atoms in total. The average Bonchev–Trinajstić information content (AvgIpc) is 2.78. The van der Waals surface area contributed by atoms with Gasteiger partial charge >= 0.3 is 0 Å². The summed E-state index contributed by atoms with van der Waals surface area (Å²) in [6.07, 6.45) is 3.53. The molecule has 1 aromatic carbocycles. The molecule has 0 saturated carbocycles. The number of methoxy groups -OCH3 is 1. The summed E-state index contributed by atoms with van der Waals surface area (Å²) in [5.41, 5.74) is 0.782. The maximum Gasteiger partial charge on any atom is 0.255 e. The first-order valence-electron chi connectivity index (χ1n) is 9.63. The molecule has 1 aromatic heterocycles. The standard InChI is InChI=1S/C21H24N4O5/c1-29-16-5-6-17-18(12-16)30-11-9-23-19(26)14-25(10-3-8-24-20(17)27)21(28)15-4-2-7-22-13-15/h2,4-7,12-13H,3,8-11,14H2,1H3,(H,23,26)(H,24,27). The highest BCUT2D eigenvalue weighted by atomic mass is 16.5. The van der Waals surface area contributed by atoms with Crippen molar-refractivity contribution in [3.8, 4) is 11.5 Å². The SMILES string of the molecule is COc1ccc2c(c1)OCCNC(=O)CN(C(=O)c1cccnc1)CCCNC2=O. The largest absolute Gasteiger partial charge is 0.497 e. The van der Waals surface area contributed by atoms with Gasteiger partial charge in [0.1, 0.15) is 18.1 Å². The smallest absolute Gasteiger partial charge is 0.255 e. The zero-order valence-electron chi connectivity index (χ0n) is 16.7. The van der Waals surface area contributed by atoms with Crippen LogP contribution in [0.1, 0.15) is 27.1 Å². The second-order valence-electron chi connectivity index (χ2n) is 6.64. The highest BCUT2D eigenvalue weighted by Gasteiger charge is 2.20. The Bertz CT molecular complexity index is 904. The second-order valence-corrected chi connectivity index (χ2v) is 6.64. The fraction of sp³-hybridized carbons (Fsp3) is 0.333. The highest BCUT2D eigenvalue weighted by molar-refractivity contribution is 5.97. The first kappa shape index (κ1) is 21.1. The molecule has 2 heterocycles. The van der Waals surface area contributed by atoms with Gasteiger partial charge in [-0.25, -0.2) is 0 Å². The lowest BCUT2D eigenvalue weighted by molar-refractivity contribution is -0.121. The fourth-order valence-corrected chi connectivity index (χ4v) is 3.01. The minimum atomic E-state index is -0.289. The van der Waals surface area contributed by atoms with Gasteiger partial charge in [0.05, 0.1) is 31.3 Å². The van der Waals surface area contributed by atoms with Crippen LogP contribution in [0.5, 0.6) is 11.5 Å². The molecule has 0 atom stereocenters. The molecule has 9 heteroatoms. The van der Waals surface area contributed by atoms with Crippen LogP contribution in [-0.4, -0.2) is 67.5 Å². The van der Waals surface area contributed by atoms with Crippen molar-refractivity contribution < 1.29 is 23.9 Å². The number of amides is 3. The van der Waals surface area contributed by atoms with Crippen molar-refractivity contribution in [3.05, 3.63) is 53.9 Å². The van der Waals surface area contributed by atoms with E-state index in [4.69, 9.17) is 9.47 Å². The Kier molecular flexibility index (Phi) is 7.20. The molecule has 158 valence electrons. The molecule has 30 heavy (non-hydrogen) atoms. The van der Waals surface area contributed by atoms with E-state index in [-0.39, 0.29) is 37.4 Å². The molecule has 1 aliphatic rings. The second kappa shape index (κ2) is 10.2. The van der Waals surface area contributed by atoms with Crippen LogP contribution >= 0.6 is 0 Å². The predicted molar refractivity (Wildman–Crippen MR) is 109 cm³/mol. The summed E-state index contributed by atoms with van der Waals surface area (Å²) in [5, 5.41) is 5.57. The number of rotatable bonds is 2. The number of fused-ring (bicyclic) bond motifs is 1. The topological polar surface area (TPSA) is 110 Å². The van der Waals surface area contributed by atoms with Gasteiger partial charge in [0.25, 0.3) is 11.8 Å². The van der Waals surface area contributed by atoms with E-state index in [1.807, 2.05) is 0 Å². The zero-order chi connectivity index (χ0) is 21.3. The van der Waals surface area contributed by atoms with Crippen molar-refractivity contribution in [1.29, 1.82) is 0 Å². The van der Waals surface area contributed by atoms with E-state index in [0.29, 0.717) is 42.1 Å². The quantitative estimate of drug-likeness (QED) is 0.757. The number of aromatic nitrogens is 1. The van der Waals surface area contributed by atoms with Crippen LogP contribution < -0.4 is 20.1 Å². The first-order chi connectivity index (χ1) is 14.6. The van der Waals surface area contributed by atoms with Crippen molar-refractivity contribution >= 4 is 17.7 Å². The third-order valence-corrected chi connectivity index (χ3v) is 4.54. The minimum absolute atomic E-state index is 0.0912. The summed E-state index contributed by atoms with van der Waals surface area (Å²) in [6, 6.07) is 8.27. The van der Waals surface area contributed by atoms with E-state index in [2.05, 4.69) is 15.6 Å². The van der Waals surface area contributed by atoms with Crippen LogP contribution in [0, 0.1) is 0 Å². The number of benzene rings is 1. The molecular formula is C21H24N4O5. The third kappa shape index (κ3) is 5.47. The molecule has 1 aliphatic heterocycles. The van der Waals surface area contributed by atoms with Gasteiger partial charge in [-0.2, -0.15) is 0 Å². The van der Waals surface area contributed by atoms with Crippen LogP contribution in [0.25, 0.3) is 0 Å². The van der Waals surface area contributed by atoms with E-state index in [9.17, 15) is 14.4 Å². The summed E-state index contributed by atoms with van der Waals surface area (Å²) in [5.74, 6) is 0.0924. The Morgan fingerprint density at radius 2 is 2.07 bits per heavy atom. The van der Waals surface area contributed by atoms with Crippen molar-refractivity contribution in [2.24, 2.45) is 0 Å². The third-order valence-electron chi connectivity index (χ3n) is 4.54. The molecule has 0 spiro atoms. The van der Waals surface area contributed by atoms with Gasteiger partial charge in [-0.1, -0.05) is 0 Å². The Morgan fingerprint density at radius 3 is 2.83 bits per heavy atom. The average molecular weight is 412 g/mol. The number of hydrogen-bond acceptors (Lipinski definition) is 6. The van der Waals surface area contributed by atoms with E-state index >= 15 is 0 Å². The van der Waals surface area contributed by atoms with Crippen LogP contribution in [-0.2, 0) is 4.79 Å². The molecule has 3 amide bonds. The van der Waals surface area contributed by atoms with E-state index in [1.165, 1.54) is 18.2 Å². The number of ether oxygens (including phenoxy) is 2. The summed E-state index contributed by atoms with van der Waals surface area (Å²) in [6.45, 7) is 0.948. The number of carbonyl (C=O) groups excluding carboxylic acids is 3. The summed E-state index contributed by atoms with van der Waals surface area (Å²) < 4.78 is 10.9. The monoisotopic (exact) mass is 412 g/mol. The molecule has 0 radical (unpaired) electrons. The Labute approximate surface area is 174 Å². The molecule has 3 rings (SSSR count). The maximum absolute atomic E-state index is 12.8. The Balaban J connectivity index is 1.74. The molecule has 0 unspecified atom stereocenters. The number of nitrogens with zero attached hydrogens (tertiary/aromatic N) is 2. The Hall–Kier alpha value is -3.62. The van der Waals surface area contributed by atoms with Gasteiger partial charge in [-0.3, -0.25) is 19.4 Å². The van der Waals surface area contributed by atoms with Crippen molar-refractivity contribution in [2.75, 3.05) is 39.9 Å². The van der Waals surface area contributed by atoms with Crippen LogP contribution in [0.2, 0.25) is 0 Å². The molecular weight excluding hydrogens is 388 g/mol. The van der Waals surface area contributed by atoms with Crippen LogP contribution in [0.4, 0.5) is 0 Å². The summed E-state index contributed by atoms with van der Waals surface area (Å²) in [4.78, 5) is 43.1. The molecule has 2 aromatic rings. The highest BCUT2D eigenvalue weighted by Crippen LogP contribution is 2.25. The lowest BCUT2D eigenvalue weighted by atomic mass is 10.1. The summed E-state index contributed by atoms with van der Waals surface area (Å²) in [7, 11) is 1.53. The van der Waals surface area contributed by atoms with Crippen LogP contribution in [0.15, 0.2) is 42.7 Å². The molecule has 0 aliphatic carbocycles. The first-order valence-corrected chi connectivity index (χ1v) is 9.63. The zero-order valence-corrected chi connectivity index (χ0v) is 16.7. The van der Waals surface area contributed by atoms with Gasteiger partial charge in [0, 0.05) is 31.5 Å². The number of hydrogen-bond donors (Lipinski definition) is 2. The molecule has 0 saturated heterocycles. The molecule has 2 N–H and O–H groups in total. The molecule has 0 fully saturated rings. The number of pyridine rings is 1. The van der Waals surface area contributed by atoms with E-state index in [1.54, 1.807) is 36.5 Å². The van der Waals surface area contributed by atoms with E-state index in [0.717, 1.165) is 0 Å². The van der Waals surface area contributed by atoms with Gasteiger partial charge in [-0.15, -0.1) is 0 Å². The Morgan fingerprint density at radius 1 is 1.20 bits per heavy atom. The summed E-state index contributed by atoms with van der Waals surface area (Å²) >= 11 is 0. The van der Waals surface area contributed by atoms with Gasteiger partial charge in [0.2, 0.25) is 5.91 Å². The van der Waals surface area contributed by atoms with Crippen LogP contribution in [0.3, 0.4) is 0 Å². The van der Waals surface area contributed by atoms with E-state index < -0.39 is 0 Å². The lowest BCUT2D eigenvalue weighted by Gasteiger charge is -2.23. The van der Waals surface area contributed by atoms with Gasteiger partial charge < -0.3 is 25.0 Å². The minimum Gasteiger partial charge on any atom is -0.497 e. The number of carbonyl (C=O) groups is 3. The number of nitrogens with one attached hydrogen (secondary N) is 2. The van der Waals surface area contributed by atoms with Crippen molar-refractivity contribution in [2.45, 2.75) is 6.42 Å².